The minimum atomic E-state index is -4.51. The van der Waals surface area contributed by atoms with E-state index >= 15 is 0 Å². The number of carbonyl (C=O) groups is 1. The molecular formula is C11H10BrF3N2O. The zero-order chi connectivity index (χ0) is 13.8. The van der Waals surface area contributed by atoms with Crippen LogP contribution in [0.4, 0.5) is 23.7 Å². The summed E-state index contributed by atoms with van der Waals surface area (Å²) in [6.45, 7) is 3.61. The summed E-state index contributed by atoms with van der Waals surface area (Å²) in [5.74, 6) is 0. The molecular weight excluding hydrogens is 313 g/mol. The van der Waals surface area contributed by atoms with Gasteiger partial charge in [0.2, 0.25) is 0 Å². The number of nitrogens with one attached hydrogen (secondary N) is 2. The van der Waals surface area contributed by atoms with Gasteiger partial charge in [-0.05, 0) is 12.1 Å². The highest BCUT2D eigenvalue weighted by Gasteiger charge is 2.33. The molecule has 1 aromatic rings. The minimum absolute atomic E-state index is 0.125. The third-order valence-electron chi connectivity index (χ3n) is 1.92. The van der Waals surface area contributed by atoms with E-state index in [0.717, 1.165) is 6.07 Å². The summed E-state index contributed by atoms with van der Waals surface area (Å²) < 4.78 is 38.4. The van der Waals surface area contributed by atoms with Gasteiger partial charge in [0.1, 0.15) is 0 Å². The van der Waals surface area contributed by atoms with E-state index < -0.39 is 17.8 Å². The van der Waals surface area contributed by atoms with Crippen LogP contribution in [0.3, 0.4) is 0 Å². The van der Waals surface area contributed by atoms with Crippen LogP contribution in [0.5, 0.6) is 0 Å². The van der Waals surface area contributed by atoms with Crippen LogP contribution in [-0.2, 0) is 6.18 Å². The van der Waals surface area contributed by atoms with Gasteiger partial charge in [-0.3, -0.25) is 0 Å². The summed E-state index contributed by atoms with van der Waals surface area (Å²) in [5.41, 5.74) is -1.18. The summed E-state index contributed by atoms with van der Waals surface area (Å²) in [5, 5.41) is 4.49. The molecule has 0 fully saturated rings. The summed E-state index contributed by atoms with van der Waals surface area (Å²) in [7, 11) is 0. The summed E-state index contributed by atoms with van der Waals surface area (Å²) in [6, 6.07) is 4.03. The number of amides is 2. The molecule has 0 radical (unpaired) electrons. The standard InChI is InChI=1S/C11H10BrF3N2O/c1-7(12)6-16-10(18)17-9-5-3-2-4-8(9)11(13,14)15/h2-5H,1,6H2,(H2,16,17,18). The molecule has 7 heteroatoms. The van der Waals surface area contributed by atoms with E-state index in [4.69, 9.17) is 0 Å². The Morgan fingerprint density at radius 3 is 2.50 bits per heavy atom. The first-order valence-corrected chi connectivity index (χ1v) is 5.64. The van der Waals surface area contributed by atoms with Crippen LogP contribution in [0.15, 0.2) is 35.3 Å². The molecule has 0 aliphatic carbocycles. The largest absolute Gasteiger partial charge is 0.418 e. The first-order chi connectivity index (χ1) is 8.30. The van der Waals surface area contributed by atoms with Gasteiger partial charge in [-0.1, -0.05) is 34.6 Å². The van der Waals surface area contributed by atoms with Crippen LogP contribution in [-0.4, -0.2) is 12.6 Å². The molecule has 0 aliphatic heterocycles. The molecule has 0 aromatic heterocycles. The Morgan fingerprint density at radius 1 is 1.33 bits per heavy atom. The normalized spacial score (nSPS) is 10.9. The number of alkyl halides is 3. The first-order valence-electron chi connectivity index (χ1n) is 4.85. The van der Waals surface area contributed by atoms with Crippen LogP contribution >= 0.6 is 15.9 Å². The van der Waals surface area contributed by atoms with Crippen LogP contribution in [0.2, 0.25) is 0 Å². The van der Waals surface area contributed by atoms with Gasteiger partial charge in [0.05, 0.1) is 17.8 Å². The van der Waals surface area contributed by atoms with Gasteiger partial charge in [-0.15, -0.1) is 0 Å². The van der Waals surface area contributed by atoms with E-state index in [-0.39, 0.29) is 12.2 Å². The monoisotopic (exact) mass is 322 g/mol. The molecule has 2 amide bonds. The fraction of sp³-hybridized carbons (Fsp3) is 0.182. The molecule has 1 rings (SSSR count). The first kappa shape index (κ1) is 14.6. The van der Waals surface area contributed by atoms with Gasteiger partial charge >= 0.3 is 12.2 Å². The number of halogens is 4. The Hall–Kier alpha value is -1.50. The Morgan fingerprint density at radius 2 is 1.94 bits per heavy atom. The zero-order valence-corrected chi connectivity index (χ0v) is 10.7. The van der Waals surface area contributed by atoms with Crippen LogP contribution in [0, 0.1) is 0 Å². The number of hydrogen-bond acceptors (Lipinski definition) is 1. The Kier molecular flexibility index (Phi) is 4.77. The van der Waals surface area contributed by atoms with E-state index in [9.17, 15) is 18.0 Å². The maximum atomic E-state index is 12.6. The number of carbonyl (C=O) groups excluding carboxylic acids is 1. The zero-order valence-electron chi connectivity index (χ0n) is 9.14. The number of benzene rings is 1. The highest BCUT2D eigenvalue weighted by atomic mass is 79.9. The average Bonchev–Trinajstić information content (AvgIpc) is 2.25. The molecule has 18 heavy (non-hydrogen) atoms. The van der Waals surface area contributed by atoms with Crippen molar-refractivity contribution in [2.24, 2.45) is 0 Å². The molecule has 2 N–H and O–H groups in total. The van der Waals surface area contributed by atoms with E-state index in [1.54, 1.807) is 0 Å². The molecule has 0 spiro atoms. The molecule has 0 heterocycles. The lowest BCUT2D eigenvalue weighted by Gasteiger charge is -2.13. The highest BCUT2D eigenvalue weighted by Crippen LogP contribution is 2.34. The topological polar surface area (TPSA) is 41.1 Å². The van der Waals surface area contributed by atoms with Crippen molar-refractivity contribution < 1.29 is 18.0 Å². The summed E-state index contributed by atoms with van der Waals surface area (Å²) in [6.07, 6.45) is -4.51. The number of rotatable bonds is 3. The van der Waals surface area contributed by atoms with E-state index in [2.05, 4.69) is 33.1 Å². The third kappa shape index (κ3) is 4.40. The van der Waals surface area contributed by atoms with Gasteiger partial charge in [0.15, 0.2) is 0 Å². The van der Waals surface area contributed by atoms with Crippen molar-refractivity contribution in [1.82, 2.24) is 5.32 Å². The van der Waals surface area contributed by atoms with Gasteiger partial charge in [0, 0.05) is 4.48 Å². The van der Waals surface area contributed by atoms with E-state index in [1.807, 2.05) is 0 Å². The van der Waals surface area contributed by atoms with Gasteiger partial charge < -0.3 is 10.6 Å². The molecule has 0 aliphatic rings. The Balaban J connectivity index is 2.79. The van der Waals surface area contributed by atoms with Crippen molar-refractivity contribution in [2.45, 2.75) is 6.18 Å². The van der Waals surface area contributed by atoms with Crippen molar-refractivity contribution >= 4 is 27.6 Å². The number of urea groups is 1. The lowest BCUT2D eigenvalue weighted by Crippen LogP contribution is -2.30. The SMILES string of the molecule is C=C(Br)CNC(=O)Nc1ccccc1C(F)(F)F. The molecule has 98 valence electrons. The molecule has 0 unspecified atom stereocenters. The second-order valence-electron chi connectivity index (χ2n) is 3.37. The molecule has 0 saturated carbocycles. The van der Waals surface area contributed by atoms with Crippen molar-refractivity contribution in [3.05, 3.63) is 40.9 Å². The molecule has 0 bridgehead atoms. The number of hydrogen-bond donors (Lipinski definition) is 2. The molecule has 0 atom stereocenters. The molecule has 0 saturated heterocycles. The molecule has 3 nitrogen and oxygen atoms in total. The van der Waals surface area contributed by atoms with Crippen molar-refractivity contribution in [2.75, 3.05) is 11.9 Å². The van der Waals surface area contributed by atoms with Crippen molar-refractivity contribution in [1.29, 1.82) is 0 Å². The Bertz CT molecular complexity index is 460. The lowest BCUT2D eigenvalue weighted by molar-refractivity contribution is -0.136. The maximum absolute atomic E-state index is 12.6. The fourth-order valence-electron chi connectivity index (χ4n) is 1.18. The quantitative estimate of drug-likeness (QED) is 0.874. The molecule has 1 aromatic carbocycles. The third-order valence-corrected chi connectivity index (χ3v) is 2.20. The lowest BCUT2D eigenvalue weighted by atomic mass is 10.1. The van der Waals surface area contributed by atoms with Crippen molar-refractivity contribution in [3.8, 4) is 0 Å². The number of anilines is 1. The second kappa shape index (κ2) is 5.90. The fourth-order valence-corrected chi connectivity index (χ4v) is 1.32. The minimum Gasteiger partial charge on any atom is -0.333 e. The van der Waals surface area contributed by atoms with Crippen LogP contribution in [0.25, 0.3) is 0 Å². The average molecular weight is 323 g/mol. The summed E-state index contributed by atoms with van der Waals surface area (Å²) >= 11 is 3.02. The van der Waals surface area contributed by atoms with E-state index in [1.165, 1.54) is 18.2 Å². The predicted octanol–water partition coefficient (Wildman–Crippen LogP) is 3.74. The van der Waals surface area contributed by atoms with Crippen LogP contribution < -0.4 is 10.6 Å². The van der Waals surface area contributed by atoms with E-state index in [0.29, 0.717) is 4.48 Å². The Labute approximate surface area is 110 Å². The van der Waals surface area contributed by atoms with Gasteiger partial charge in [0.25, 0.3) is 0 Å². The predicted molar refractivity (Wildman–Crippen MR) is 66.5 cm³/mol. The summed E-state index contributed by atoms with van der Waals surface area (Å²) in [4.78, 5) is 11.3. The van der Waals surface area contributed by atoms with Gasteiger partial charge in [-0.2, -0.15) is 13.2 Å². The highest BCUT2D eigenvalue weighted by molar-refractivity contribution is 9.11. The van der Waals surface area contributed by atoms with Crippen LogP contribution in [0.1, 0.15) is 5.56 Å². The van der Waals surface area contributed by atoms with Gasteiger partial charge in [-0.25, -0.2) is 4.79 Å². The smallest absolute Gasteiger partial charge is 0.333 e. The second-order valence-corrected chi connectivity index (χ2v) is 4.49. The van der Waals surface area contributed by atoms with Crippen molar-refractivity contribution in [3.63, 3.8) is 0 Å². The maximum Gasteiger partial charge on any atom is 0.418 e. The number of para-hydroxylation sites is 1.